The van der Waals surface area contributed by atoms with E-state index in [9.17, 15) is 4.79 Å². The highest BCUT2D eigenvalue weighted by Gasteiger charge is 2.47. The molecule has 1 unspecified atom stereocenters. The molecule has 0 saturated heterocycles. The summed E-state index contributed by atoms with van der Waals surface area (Å²) >= 11 is 0. The van der Waals surface area contributed by atoms with Crippen LogP contribution in [-0.2, 0) is 23.1 Å². The highest BCUT2D eigenvalue weighted by Crippen LogP contribution is 2.53. The van der Waals surface area contributed by atoms with E-state index in [1.807, 2.05) is 0 Å². The Labute approximate surface area is 145 Å². The minimum absolute atomic E-state index is 0.279. The Morgan fingerprint density at radius 2 is 1.62 bits per heavy atom. The minimum atomic E-state index is 0.279. The molecular formula is C23H26O. The second-order valence-corrected chi connectivity index (χ2v) is 7.63. The molecule has 2 aliphatic carbocycles. The number of rotatable bonds is 4. The summed E-state index contributed by atoms with van der Waals surface area (Å²) in [5, 5.41) is 0. The zero-order valence-electron chi connectivity index (χ0n) is 14.3. The van der Waals surface area contributed by atoms with Gasteiger partial charge in [0.2, 0.25) is 0 Å². The van der Waals surface area contributed by atoms with Crippen LogP contribution in [0, 0.1) is 5.92 Å². The zero-order chi connectivity index (χ0) is 16.4. The van der Waals surface area contributed by atoms with Crippen LogP contribution in [0.15, 0.2) is 54.6 Å². The number of carbonyl (C=O) groups is 1. The van der Waals surface area contributed by atoms with Crippen LogP contribution in [0.3, 0.4) is 0 Å². The van der Waals surface area contributed by atoms with Crippen molar-refractivity contribution in [3.63, 3.8) is 0 Å². The molecule has 1 spiro atoms. The predicted octanol–water partition coefficient (Wildman–Crippen LogP) is 5.26. The number of ketones is 1. The molecule has 2 aromatic carbocycles. The molecular weight excluding hydrogens is 292 g/mol. The fraction of sp³-hybridized carbons (Fsp3) is 0.435. The summed E-state index contributed by atoms with van der Waals surface area (Å²) in [4.78, 5) is 11.8. The molecule has 0 radical (unpaired) electrons. The molecule has 1 atom stereocenters. The van der Waals surface area contributed by atoms with Gasteiger partial charge in [-0.3, -0.25) is 4.79 Å². The van der Waals surface area contributed by atoms with Crippen molar-refractivity contribution in [2.75, 3.05) is 0 Å². The second-order valence-electron chi connectivity index (χ2n) is 7.63. The van der Waals surface area contributed by atoms with E-state index in [2.05, 4.69) is 54.6 Å². The smallest absolute Gasteiger partial charge is 0.132 e. The van der Waals surface area contributed by atoms with Crippen LogP contribution in [0.25, 0.3) is 0 Å². The van der Waals surface area contributed by atoms with Gasteiger partial charge < -0.3 is 0 Å². The third kappa shape index (κ3) is 2.81. The third-order valence-electron chi connectivity index (χ3n) is 6.36. The fourth-order valence-corrected chi connectivity index (χ4v) is 5.09. The first-order valence-electron chi connectivity index (χ1n) is 9.42. The number of benzene rings is 2. The Bertz CT molecular complexity index is 706. The van der Waals surface area contributed by atoms with Crippen LogP contribution in [0.1, 0.15) is 55.2 Å². The molecule has 124 valence electrons. The van der Waals surface area contributed by atoms with Crippen LogP contribution in [0.4, 0.5) is 0 Å². The van der Waals surface area contributed by atoms with Crippen molar-refractivity contribution in [1.29, 1.82) is 0 Å². The summed E-state index contributed by atoms with van der Waals surface area (Å²) in [6.45, 7) is 0. The van der Waals surface area contributed by atoms with Crippen LogP contribution < -0.4 is 0 Å². The topological polar surface area (TPSA) is 17.1 Å². The number of hydrogen-bond donors (Lipinski definition) is 0. The first-order valence-corrected chi connectivity index (χ1v) is 9.42. The highest BCUT2D eigenvalue weighted by atomic mass is 16.1. The lowest BCUT2D eigenvalue weighted by Crippen LogP contribution is -2.36. The van der Waals surface area contributed by atoms with Crippen LogP contribution >= 0.6 is 0 Å². The average Bonchev–Trinajstić information content (AvgIpc) is 2.92. The molecule has 0 aromatic heterocycles. The van der Waals surface area contributed by atoms with Gasteiger partial charge in [-0.15, -0.1) is 0 Å². The maximum absolute atomic E-state index is 11.8. The fourth-order valence-electron chi connectivity index (χ4n) is 5.09. The van der Waals surface area contributed by atoms with Gasteiger partial charge in [-0.1, -0.05) is 54.6 Å². The van der Waals surface area contributed by atoms with Gasteiger partial charge in [0.05, 0.1) is 0 Å². The molecule has 1 fully saturated rings. The van der Waals surface area contributed by atoms with Gasteiger partial charge in [-0.25, -0.2) is 0 Å². The molecule has 1 saturated carbocycles. The van der Waals surface area contributed by atoms with Gasteiger partial charge in [0.25, 0.3) is 0 Å². The van der Waals surface area contributed by atoms with E-state index in [-0.39, 0.29) is 5.41 Å². The Hall–Kier alpha value is -1.89. The Kier molecular flexibility index (Phi) is 4.26. The number of Topliss-reactive ketones (excluding diaryl/α,β-unsaturated/α-hetero) is 1. The SMILES string of the molecule is O=C1CCC2(CC1)c1ccccc1CC2CCCc1ccccc1. The lowest BCUT2D eigenvalue weighted by Gasteiger charge is -2.40. The quantitative estimate of drug-likeness (QED) is 0.751. The van der Waals surface area contributed by atoms with E-state index in [1.165, 1.54) is 36.8 Å². The second kappa shape index (κ2) is 6.55. The average molecular weight is 318 g/mol. The first kappa shape index (κ1) is 15.6. The van der Waals surface area contributed by atoms with E-state index >= 15 is 0 Å². The normalized spacial score (nSPS) is 21.8. The van der Waals surface area contributed by atoms with Crippen LogP contribution in [0.2, 0.25) is 0 Å². The molecule has 4 rings (SSSR count). The van der Waals surface area contributed by atoms with Gasteiger partial charge >= 0.3 is 0 Å². The van der Waals surface area contributed by atoms with Crippen molar-refractivity contribution < 1.29 is 4.79 Å². The van der Waals surface area contributed by atoms with Crippen molar-refractivity contribution in [3.05, 3.63) is 71.3 Å². The number of fused-ring (bicyclic) bond motifs is 2. The highest BCUT2D eigenvalue weighted by molar-refractivity contribution is 5.79. The maximum Gasteiger partial charge on any atom is 0.132 e. The molecule has 1 nitrogen and oxygen atoms in total. The summed E-state index contributed by atoms with van der Waals surface area (Å²) in [6.07, 6.45) is 8.60. The number of aryl methyl sites for hydroxylation is 1. The predicted molar refractivity (Wildman–Crippen MR) is 98.2 cm³/mol. The molecule has 0 amide bonds. The Balaban J connectivity index is 1.51. The van der Waals surface area contributed by atoms with E-state index in [0.717, 1.165) is 25.7 Å². The van der Waals surface area contributed by atoms with Gasteiger partial charge in [0, 0.05) is 12.8 Å². The molecule has 2 aromatic rings. The molecule has 1 heteroatoms. The van der Waals surface area contributed by atoms with Gasteiger partial charge in [-0.05, 0) is 66.5 Å². The van der Waals surface area contributed by atoms with E-state index in [1.54, 1.807) is 5.56 Å². The van der Waals surface area contributed by atoms with Crippen molar-refractivity contribution in [1.82, 2.24) is 0 Å². The lowest BCUT2D eigenvalue weighted by molar-refractivity contribution is -0.121. The maximum atomic E-state index is 11.8. The van der Waals surface area contributed by atoms with Crippen molar-refractivity contribution in [3.8, 4) is 0 Å². The molecule has 0 bridgehead atoms. The minimum Gasteiger partial charge on any atom is -0.300 e. The molecule has 0 heterocycles. The summed E-state index contributed by atoms with van der Waals surface area (Å²) in [5.41, 5.74) is 4.82. The Morgan fingerprint density at radius 3 is 2.42 bits per heavy atom. The molecule has 0 N–H and O–H groups in total. The van der Waals surface area contributed by atoms with Gasteiger partial charge in [0.15, 0.2) is 0 Å². The Morgan fingerprint density at radius 1 is 0.917 bits per heavy atom. The van der Waals surface area contributed by atoms with Crippen molar-refractivity contribution in [2.45, 2.75) is 56.8 Å². The lowest BCUT2D eigenvalue weighted by atomic mass is 9.64. The summed E-state index contributed by atoms with van der Waals surface area (Å²) < 4.78 is 0. The largest absolute Gasteiger partial charge is 0.300 e. The van der Waals surface area contributed by atoms with Crippen LogP contribution in [-0.4, -0.2) is 5.78 Å². The van der Waals surface area contributed by atoms with Crippen molar-refractivity contribution in [2.24, 2.45) is 5.92 Å². The van der Waals surface area contributed by atoms with Gasteiger partial charge in [-0.2, -0.15) is 0 Å². The van der Waals surface area contributed by atoms with Crippen molar-refractivity contribution >= 4 is 5.78 Å². The monoisotopic (exact) mass is 318 g/mol. The van der Waals surface area contributed by atoms with Gasteiger partial charge in [0.1, 0.15) is 5.78 Å². The first-order chi connectivity index (χ1) is 11.8. The summed E-state index contributed by atoms with van der Waals surface area (Å²) in [7, 11) is 0. The van der Waals surface area contributed by atoms with Crippen LogP contribution in [0.5, 0.6) is 0 Å². The summed E-state index contributed by atoms with van der Waals surface area (Å²) in [6, 6.07) is 19.8. The number of hydrogen-bond acceptors (Lipinski definition) is 1. The number of carbonyl (C=O) groups excluding carboxylic acids is 1. The van der Waals surface area contributed by atoms with E-state index < -0.39 is 0 Å². The standard InChI is InChI=1S/C23H26O/c24-21-13-15-23(16-14-21)20(17-19-10-4-5-12-22(19)23)11-6-9-18-7-2-1-3-8-18/h1-5,7-8,10,12,20H,6,9,11,13-17H2. The van der Waals surface area contributed by atoms with E-state index in [4.69, 9.17) is 0 Å². The molecule has 24 heavy (non-hydrogen) atoms. The third-order valence-corrected chi connectivity index (χ3v) is 6.36. The molecule has 2 aliphatic rings. The van der Waals surface area contributed by atoms with E-state index in [0.29, 0.717) is 11.7 Å². The zero-order valence-corrected chi connectivity index (χ0v) is 14.3. The molecule has 0 aliphatic heterocycles. The summed E-state index contributed by atoms with van der Waals surface area (Å²) in [5.74, 6) is 1.18.